The molecule has 3 rings (SSSR count). The van der Waals surface area contributed by atoms with E-state index in [2.05, 4.69) is 20.2 Å². The number of aliphatic carboxylic acids is 1. The molecule has 0 radical (unpaired) electrons. The van der Waals surface area contributed by atoms with Gasteiger partial charge in [0.15, 0.2) is 0 Å². The van der Waals surface area contributed by atoms with Crippen LogP contribution in [0.2, 0.25) is 0 Å². The Labute approximate surface area is 96.5 Å². The maximum Gasteiger partial charge on any atom is 0.308 e. The molecular formula is C10H11N5O2. The van der Waals surface area contributed by atoms with Gasteiger partial charge in [-0.1, -0.05) is 0 Å². The number of aryl methyl sites for hydroxylation is 1. The Morgan fingerprint density at radius 3 is 3.00 bits per heavy atom. The van der Waals surface area contributed by atoms with Gasteiger partial charge in [-0.15, -0.1) is 0 Å². The van der Waals surface area contributed by atoms with Gasteiger partial charge in [-0.25, -0.2) is 9.97 Å². The van der Waals surface area contributed by atoms with E-state index in [-0.39, 0.29) is 5.92 Å². The lowest BCUT2D eigenvalue weighted by Crippen LogP contribution is -2.14. The van der Waals surface area contributed by atoms with Crippen LogP contribution in [-0.2, 0) is 17.8 Å². The van der Waals surface area contributed by atoms with E-state index >= 15 is 0 Å². The molecule has 2 N–H and O–H groups in total. The molecule has 0 fully saturated rings. The van der Waals surface area contributed by atoms with Crippen LogP contribution < -0.4 is 0 Å². The summed E-state index contributed by atoms with van der Waals surface area (Å²) in [6, 6.07) is 0. The van der Waals surface area contributed by atoms with E-state index in [1.807, 2.05) is 11.5 Å². The molecule has 1 aliphatic heterocycles. The Morgan fingerprint density at radius 1 is 1.59 bits per heavy atom. The lowest BCUT2D eigenvalue weighted by Gasteiger charge is -2.00. The maximum absolute atomic E-state index is 10.9. The summed E-state index contributed by atoms with van der Waals surface area (Å²) in [4.78, 5) is 19.4. The van der Waals surface area contributed by atoms with Gasteiger partial charge >= 0.3 is 5.97 Å². The van der Waals surface area contributed by atoms with Crippen LogP contribution in [0.3, 0.4) is 0 Å². The van der Waals surface area contributed by atoms with E-state index < -0.39 is 5.97 Å². The van der Waals surface area contributed by atoms with Crippen molar-refractivity contribution in [3.63, 3.8) is 0 Å². The van der Waals surface area contributed by atoms with Crippen LogP contribution in [0.5, 0.6) is 0 Å². The molecule has 0 aliphatic carbocycles. The highest BCUT2D eigenvalue weighted by atomic mass is 16.4. The minimum atomic E-state index is -0.772. The molecule has 0 saturated heterocycles. The minimum Gasteiger partial charge on any atom is -0.481 e. The number of nitrogens with one attached hydrogen (secondary N) is 1. The lowest BCUT2D eigenvalue weighted by molar-refractivity contribution is -0.141. The predicted octanol–water partition coefficient (Wildman–Crippen LogP) is 0.234. The first-order valence-electron chi connectivity index (χ1n) is 5.31. The molecule has 0 saturated carbocycles. The monoisotopic (exact) mass is 233 g/mol. The highest BCUT2D eigenvalue weighted by Gasteiger charge is 2.29. The van der Waals surface area contributed by atoms with Gasteiger partial charge in [-0.2, -0.15) is 5.10 Å². The molecule has 2 aromatic rings. The quantitative estimate of drug-likeness (QED) is 0.774. The van der Waals surface area contributed by atoms with E-state index in [9.17, 15) is 4.79 Å². The fraction of sp³-hybridized carbons (Fsp3) is 0.400. The Kier molecular flexibility index (Phi) is 2.01. The van der Waals surface area contributed by atoms with E-state index in [1.165, 1.54) is 0 Å². The van der Waals surface area contributed by atoms with Crippen molar-refractivity contribution in [3.05, 3.63) is 17.8 Å². The Balaban J connectivity index is 1.89. The van der Waals surface area contributed by atoms with Crippen molar-refractivity contribution < 1.29 is 9.90 Å². The fourth-order valence-electron chi connectivity index (χ4n) is 2.03. The first-order valence-corrected chi connectivity index (χ1v) is 5.31. The molecular weight excluding hydrogens is 222 g/mol. The van der Waals surface area contributed by atoms with Gasteiger partial charge in [-0.05, 0) is 6.92 Å². The summed E-state index contributed by atoms with van der Waals surface area (Å²) >= 11 is 0. The number of carboxylic acids is 1. The minimum absolute atomic E-state index is 0.361. The zero-order valence-electron chi connectivity index (χ0n) is 9.21. The first kappa shape index (κ1) is 10.0. The second kappa shape index (κ2) is 3.41. The number of carboxylic acid groups (broad SMARTS) is 1. The second-order valence-corrected chi connectivity index (χ2v) is 4.18. The van der Waals surface area contributed by atoms with E-state index in [0.29, 0.717) is 24.5 Å². The van der Waals surface area contributed by atoms with Gasteiger partial charge in [0, 0.05) is 19.2 Å². The average molecular weight is 233 g/mol. The van der Waals surface area contributed by atoms with E-state index in [1.54, 1.807) is 6.20 Å². The van der Waals surface area contributed by atoms with Crippen molar-refractivity contribution in [2.45, 2.75) is 19.9 Å². The average Bonchev–Trinajstić information content (AvgIpc) is 2.88. The smallest absolute Gasteiger partial charge is 0.308 e. The van der Waals surface area contributed by atoms with Crippen LogP contribution in [-0.4, -0.2) is 35.8 Å². The van der Waals surface area contributed by atoms with E-state index in [0.717, 1.165) is 11.6 Å². The van der Waals surface area contributed by atoms with Gasteiger partial charge in [0.05, 0.1) is 5.92 Å². The number of nitrogens with zero attached hydrogens (tertiary/aromatic N) is 4. The number of H-pyrrole nitrogens is 1. The van der Waals surface area contributed by atoms with Crippen molar-refractivity contribution in [2.75, 3.05) is 0 Å². The molecule has 1 aliphatic rings. The van der Waals surface area contributed by atoms with Crippen LogP contribution in [0.4, 0.5) is 0 Å². The number of aromatic amines is 1. The molecule has 0 aromatic carbocycles. The molecule has 2 aromatic heterocycles. The van der Waals surface area contributed by atoms with Crippen molar-refractivity contribution in [3.8, 4) is 11.5 Å². The number of hydrogen-bond donors (Lipinski definition) is 2. The predicted molar refractivity (Wildman–Crippen MR) is 57.2 cm³/mol. The second-order valence-electron chi connectivity index (χ2n) is 4.18. The normalized spacial score (nSPS) is 18.3. The number of imidazole rings is 1. The Bertz CT molecular complexity index is 562. The van der Waals surface area contributed by atoms with Crippen LogP contribution in [0, 0.1) is 12.8 Å². The third-order valence-electron chi connectivity index (χ3n) is 2.88. The molecule has 1 atom stereocenters. The van der Waals surface area contributed by atoms with Crippen LogP contribution in [0.25, 0.3) is 11.5 Å². The molecule has 88 valence electrons. The van der Waals surface area contributed by atoms with Gasteiger partial charge in [-0.3, -0.25) is 9.89 Å². The number of aromatic nitrogens is 5. The van der Waals surface area contributed by atoms with Crippen molar-refractivity contribution in [2.24, 2.45) is 5.92 Å². The van der Waals surface area contributed by atoms with Crippen molar-refractivity contribution in [1.29, 1.82) is 0 Å². The molecule has 0 amide bonds. The van der Waals surface area contributed by atoms with Crippen molar-refractivity contribution in [1.82, 2.24) is 24.7 Å². The highest BCUT2D eigenvalue weighted by Crippen LogP contribution is 2.23. The number of carbonyl (C=O) groups is 1. The number of rotatable bonds is 2. The molecule has 1 unspecified atom stereocenters. The topological polar surface area (TPSA) is 96.7 Å². The summed E-state index contributed by atoms with van der Waals surface area (Å²) in [5, 5.41) is 15.7. The van der Waals surface area contributed by atoms with Crippen molar-refractivity contribution >= 4 is 5.97 Å². The SMILES string of the molecule is Cc1nc(-c2cn3c(n2)CC(C(=O)O)C3)n[nH]1. The molecule has 7 heteroatoms. The highest BCUT2D eigenvalue weighted by molar-refractivity contribution is 5.70. The number of hydrogen-bond acceptors (Lipinski definition) is 4. The largest absolute Gasteiger partial charge is 0.481 e. The van der Waals surface area contributed by atoms with Crippen LogP contribution in [0.1, 0.15) is 11.6 Å². The maximum atomic E-state index is 10.9. The summed E-state index contributed by atoms with van der Waals surface area (Å²) in [5.74, 6) is 0.939. The number of fused-ring (bicyclic) bond motifs is 1. The Hall–Kier alpha value is -2.18. The molecule has 0 bridgehead atoms. The summed E-state index contributed by atoms with van der Waals surface area (Å²) in [6.45, 7) is 2.29. The summed E-state index contributed by atoms with van der Waals surface area (Å²) in [6.07, 6.45) is 2.28. The summed E-state index contributed by atoms with van der Waals surface area (Å²) in [5.41, 5.74) is 0.688. The first-order chi connectivity index (χ1) is 8.13. The summed E-state index contributed by atoms with van der Waals surface area (Å²) in [7, 11) is 0. The van der Waals surface area contributed by atoms with Crippen LogP contribution in [0.15, 0.2) is 6.20 Å². The molecule has 0 spiro atoms. The molecule has 3 heterocycles. The third-order valence-corrected chi connectivity index (χ3v) is 2.88. The fourth-order valence-corrected chi connectivity index (χ4v) is 2.03. The third kappa shape index (κ3) is 1.59. The Morgan fingerprint density at radius 2 is 2.41 bits per heavy atom. The zero-order chi connectivity index (χ0) is 12.0. The van der Waals surface area contributed by atoms with Gasteiger partial charge in [0.1, 0.15) is 17.3 Å². The summed E-state index contributed by atoms with van der Waals surface area (Å²) < 4.78 is 1.86. The van der Waals surface area contributed by atoms with Crippen LogP contribution >= 0.6 is 0 Å². The standard InChI is InChI=1S/C10H11N5O2/c1-5-11-9(14-13-5)7-4-15-3-6(10(16)17)2-8(15)12-7/h4,6H,2-3H2,1H3,(H,16,17)(H,11,13,14). The lowest BCUT2D eigenvalue weighted by atomic mass is 10.1. The molecule has 17 heavy (non-hydrogen) atoms. The molecule has 7 nitrogen and oxygen atoms in total. The van der Waals surface area contributed by atoms with Gasteiger partial charge in [0.25, 0.3) is 0 Å². The zero-order valence-corrected chi connectivity index (χ0v) is 9.21. The van der Waals surface area contributed by atoms with E-state index in [4.69, 9.17) is 5.11 Å². The van der Waals surface area contributed by atoms with Gasteiger partial charge in [0.2, 0.25) is 5.82 Å². The van der Waals surface area contributed by atoms with Gasteiger partial charge < -0.3 is 9.67 Å².